The van der Waals surface area contributed by atoms with Crippen LogP contribution < -0.4 is 5.32 Å². The maximum absolute atomic E-state index is 13.4. The van der Waals surface area contributed by atoms with Crippen LogP contribution in [0.1, 0.15) is 27.2 Å². The van der Waals surface area contributed by atoms with Crippen molar-refractivity contribution in [1.29, 1.82) is 0 Å². The lowest BCUT2D eigenvalue weighted by atomic mass is 10.1. The second kappa shape index (κ2) is 9.75. The highest BCUT2D eigenvalue weighted by Crippen LogP contribution is 2.33. The fourth-order valence-corrected chi connectivity index (χ4v) is 3.88. The number of halogens is 4. The van der Waals surface area contributed by atoms with Gasteiger partial charge in [-0.15, -0.1) is 5.10 Å². The van der Waals surface area contributed by atoms with E-state index in [1.807, 2.05) is 14.0 Å². The Morgan fingerprint density at radius 2 is 1.92 bits per heavy atom. The van der Waals surface area contributed by atoms with Crippen LogP contribution >= 0.6 is 11.6 Å². The first-order valence-corrected chi connectivity index (χ1v) is 11.2. The van der Waals surface area contributed by atoms with Crippen molar-refractivity contribution in [2.75, 3.05) is 19.4 Å². The molecule has 8 nitrogen and oxygen atoms in total. The minimum atomic E-state index is -4.55. The van der Waals surface area contributed by atoms with Crippen LogP contribution in [0.15, 0.2) is 48.8 Å². The van der Waals surface area contributed by atoms with Crippen LogP contribution in [0.4, 0.5) is 18.9 Å². The predicted octanol–water partition coefficient (Wildman–Crippen LogP) is 4.96. The molecule has 0 aliphatic rings. The highest BCUT2D eigenvalue weighted by molar-refractivity contribution is 6.32. The quantitative estimate of drug-likeness (QED) is 0.391. The molecule has 0 aliphatic heterocycles. The van der Waals surface area contributed by atoms with Crippen LogP contribution in [0.3, 0.4) is 0 Å². The van der Waals surface area contributed by atoms with Crippen molar-refractivity contribution >= 4 is 23.2 Å². The Bertz CT molecular complexity index is 1430. The molecule has 4 rings (SSSR count). The molecule has 0 unspecified atom stereocenters. The molecule has 1 amide bonds. The Morgan fingerprint density at radius 3 is 2.56 bits per heavy atom. The second-order valence-corrected chi connectivity index (χ2v) is 9.00. The Hall–Kier alpha value is -3.70. The Morgan fingerprint density at radius 1 is 1.17 bits per heavy atom. The number of benzene rings is 2. The third-order valence-electron chi connectivity index (χ3n) is 5.54. The summed E-state index contributed by atoms with van der Waals surface area (Å²) in [5.41, 5.74) is 2.47. The molecular weight excluding hydrogens is 495 g/mol. The largest absolute Gasteiger partial charge is 0.416 e. The molecule has 0 radical (unpaired) electrons. The summed E-state index contributed by atoms with van der Waals surface area (Å²) in [6.45, 7) is 2.18. The van der Waals surface area contributed by atoms with Gasteiger partial charge in [-0.3, -0.25) is 9.48 Å². The summed E-state index contributed by atoms with van der Waals surface area (Å²) in [4.78, 5) is 14.7. The van der Waals surface area contributed by atoms with E-state index in [0.29, 0.717) is 22.0 Å². The first kappa shape index (κ1) is 25.4. The fourth-order valence-electron chi connectivity index (χ4n) is 3.67. The van der Waals surface area contributed by atoms with Gasteiger partial charge in [-0.25, -0.2) is 4.68 Å². The van der Waals surface area contributed by atoms with E-state index in [-0.39, 0.29) is 17.8 Å². The number of alkyl halides is 3. The molecule has 2 aromatic heterocycles. The third-order valence-corrected chi connectivity index (χ3v) is 5.86. The van der Waals surface area contributed by atoms with Crippen molar-refractivity contribution in [3.05, 3.63) is 76.2 Å². The van der Waals surface area contributed by atoms with Gasteiger partial charge in [0.2, 0.25) is 0 Å². The molecule has 4 aromatic rings. The standard InChI is InChI=1S/C24H23ClF3N7O/c1-14-19(11-29-34(14)4)21-13-35(32-31-21)22-9-16(5-6-20(22)25)23(36)30-18-8-15(12-33(2)3)7-17(10-18)24(26,27)28/h5-11,13H,12H2,1-4H3,(H,30,36). The average Bonchev–Trinajstić information content (AvgIpc) is 3.39. The molecule has 188 valence electrons. The average molecular weight is 518 g/mol. The molecule has 0 atom stereocenters. The lowest BCUT2D eigenvalue weighted by Crippen LogP contribution is -2.16. The number of nitrogens with one attached hydrogen (secondary N) is 1. The molecular formula is C24H23ClF3N7O. The van der Waals surface area contributed by atoms with Crippen LogP contribution in [0, 0.1) is 6.92 Å². The number of rotatable bonds is 6. The monoisotopic (exact) mass is 517 g/mol. The normalized spacial score (nSPS) is 11.8. The molecule has 2 heterocycles. The van der Waals surface area contributed by atoms with Crippen molar-refractivity contribution in [1.82, 2.24) is 29.7 Å². The Kier molecular flexibility index (Phi) is 6.87. The van der Waals surface area contributed by atoms with Crippen molar-refractivity contribution in [3.8, 4) is 16.9 Å². The lowest BCUT2D eigenvalue weighted by molar-refractivity contribution is -0.137. The lowest BCUT2D eigenvalue weighted by Gasteiger charge is -2.16. The minimum Gasteiger partial charge on any atom is -0.322 e. The summed E-state index contributed by atoms with van der Waals surface area (Å²) >= 11 is 6.36. The van der Waals surface area contributed by atoms with E-state index in [9.17, 15) is 18.0 Å². The SMILES string of the molecule is Cc1c(-c2cn(-c3cc(C(=O)Nc4cc(CN(C)C)cc(C(F)(F)F)c4)ccc3Cl)nn2)cnn1C. The summed E-state index contributed by atoms with van der Waals surface area (Å²) in [7, 11) is 5.31. The van der Waals surface area contributed by atoms with Crippen molar-refractivity contribution in [2.24, 2.45) is 7.05 Å². The number of amides is 1. The van der Waals surface area contributed by atoms with Gasteiger partial charge in [0.05, 0.1) is 28.7 Å². The summed E-state index contributed by atoms with van der Waals surface area (Å²) < 4.78 is 43.4. The number of hydrogen-bond donors (Lipinski definition) is 1. The molecule has 0 saturated heterocycles. The summed E-state index contributed by atoms with van der Waals surface area (Å²) in [6, 6.07) is 8.01. The predicted molar refractivity (Wildman–Crippen MR) is 130 cm³/mol. The van der Waals surface area contributed by atoms with E-state index in [4.69, 9.17) is 11.6 Å². The number of hydrogen-bond acceptors (Lipinski definition) is 5. The topological polar surface area (TPSA) is 80.9 Å². The molecule has 0 spiro atoms. The van der Waals surface area contributed by atoms with Gasteiger partial charge in [-0.1, -0.05) is 16.8 Å². The number of carbonyl (C=O) groups excluding carboxylic acids is 1. The smallest absolute Gasteiger partial charge is 0.322 e. The van der Waals surface area contributed by atoms with E-state index in [1.165, 1.54) is 28.9 Å². The molecule has 36 heavy (non-hydrogen) atoms. The number of anilines is 1. The van der Waals surface area contributed by atoms with Crippen LogP contribution in [-0.4, -0.2) is 49.7 Å². The van der Waals surface area contributed by atoms with Crippen LogP contribution in [0.25, 0.3) is 16.9 Å². The van der Waals surface area contributed by atoms with Gasteiger partial charge < -0.3 is 10.2 Å². The second-order valence-electron chi connectivity index (χ2n) is 8.59. The summed E-state index contributed by atoms with van der Waals surface area (Å²) in [5.74, 6) is -0.591. The Labute approximate surface area is 210 Å². The highest BCUT2D eigenvalue weighted by atomic mass is 35.5. The summed E-state index contributed by atoms with van der Waals surface area (Å²) in [5, 5.41) is 15.4. The van der Waals surface area contributed by atoms with Crippen LogP contribution in [-0.2, 0) is 19.8 Å². The molecule has 2 aromatic carbocycles. The molecule has 0 fully saturated rings. The van der Waals surface area contributed by atoms with Gasteiger partial charge >= 0.3 is 6.18 Å². The van der Waals surface area contributed by atoms with Crippen LogP contribution in [0.2, 0.25) is 5.02 Å². The van der Waals surface area contributed by atoms with E-state index in [2.05, 4.69) is 20.7 Å². The van der Waals surface area contributed by atoms with Gasteiger partial charge in [0, 0.05) is 36.1 Å². The van der Waals surface area contributed by atoms with Crippen molar-refractivity contribution < 1.29 is 18.0 Å². The van der Waals surface area contributed by atoms with E-state index in [0.717, 1.165) is 23.4 Å². The van der Waals surface area contributed by atoms with Gasteiger partial charge in [0.1, 0.15) is 5.69 Å². The summed E-state index contributed by atoms with van der Waals surface area (Å²) in [6.07, 6.45) is -1.21. The maximum Gasteiger partial charge on any atom is 0.416 e. The van der Waals surface area contributed by atoms with Crippen LogP contribution in [0.5, 0.6) is 0 Å². The fraction of sp³-hybridized carbons (Fsp3) is 0.250. The van der Waals surface area contributed by atoms with E-state index >= 15 is 0 Å². The number of carbonyl (C=O) groups is 1. The van der Waals surface area contributed by atoms with Crippen molar-refractivity contribution in [2.45, 2.75) is 19.6 Å². The maximum atomic E-state index is 13.4. The van der Waals surface area contributed by atoms with Gasteiger partial charge in [-0.2, -0.15) is 18.3 Å². The number of aromatic nitrogens is 5. The Balaban J connectivity index is 1.63. The highest BCUT2D eigenvalue weighted by Gasteiger charge is 2.31. The minimum absolute atomic E-state index is 0.0401. The molecule has 1 N–H and O–H groups in total. The first-order valence-electron chi connectivity index (χ1n) is 10.8. The number of nitrogens with zero attached hydrogens (tertiary/aromatic N) is 6. The van der Waals surface area contributed by atoms with Crippen molar-refractivity contribution in [3.63, 3.8) is 0 Å². The zero-order chi connectivity index (χ0) is 26.2. The third kappa shape index (κ3) is 5.42. The van der Waals surface area contributed by atoms with Gasteiger partial charge in [-0.05, 0) is 63.0 Å². The molecule has 0 aliphatic carbocycles. The number of aryl methyl sites for hydroxylation is 1. The van der Waals surface area contributed by atoms with E-state index < -0.39 is 17.6 Å². The zero-order valence-corrected chi connectivity index (χ0v) is 20.7. The van der Waals surface area contributed by atoms with Gasteiger partial charge in [0.25, 0.3) is 5.91 Å². The molecule has 0 saturated carbocycles. The van der Waals surface area contributed by atoms with E-state index in [1.54, 1.807) is 36.1 Å². The zero-order valence-electron chi connectivity index (χ0n) is 19.9. The first-order chi connectivity index (χ1) is 16.9. The van der Waals surface area contributed by atoms with Gasteiger partial charge in [0.15, 0.2) is 0 Å². The molecule has 0 bridgehead atoms. The molecule has 12 heteroatoms.